The number of methoxy groups -OCH3 is 1. The van der Waals surface area contributed by atoms with Crippen molar-refractivity contribution in [3.63, 3.8) is 0 Å². The molecule has 0 unspecified atom stereocenters. The van der Waals surface area contributed by atoms with Gasteiger partial charge in [0.1, 0.15) is 5.01 Å². The summed E-state index contributed by atoms with van der Waals surface area (Å²) in [4.78, 5) is 16.9. The molecule has 0 aliphatic rings. The van der Waals surface area contributed by atoms with Gasteiger partial charge in [0.2, 0.25) is 5.91 Å². The molecule has 1 heterocycles. The van der Waals surface area contributed by atoms with Gasteiger partial charge in [0.25, 0.3) is 0 Å². The van der Waals surface area contributed by atoms with Crippen LogP contribution < -0.4 is 5.32 Å². The van der Waals surface area contributed by atoms with E-state index in [2.05, 4.69) is 29.4 Å². The van der Waals surface area contributed by atoms with Gasteiger partial charge in [-0.25, -0.2) is 4.98 Å². The van der Waals surface area contributed by atoms with Gasteiger partial charge in [-0.05, 0) is 24.1 Å². The first-order valence-corrected chi connectivity index (χ1v) is 9.37. The van der Waals surface area contributed by atoms with Crippen molar-refractivity contribution in [1.82, 2.24) is 10.3 Å². The number of thiazole rings is 1. The first kappa shape index (κ1) is 18.3. The monoisotopic (exact) mass is 366 g/mol. The van der Waals surface area contributed by atoms with E-state index in [0.717, 1.165) is 27.4 Å². The Balaban J connectivity index is 1.59. The maximum absolute atomic E-state index is 12.3. The second-order valence-corrected chi connectivity index (χ2v) is 7.03. The topological polar surface area (TPSA) is 51.2 Å². The number of aryl methyl sites for hydroxylation is 1. The minimum Gasteiger partial charge on any atom is -0.380 e. The second-order valence-electron chi connectivity index (χ2n) is 6.17. The van der Waals surface area contributed by atoms with E-state index in [1.165, 1.54) is 5.56 Å². The van der Waals surface area contributed by atoms with Crippen molar-refractivity contribution < 1.29 is 9.53 Å². The zero-order valence-electron chi connectivity index (χ0n) is 15.0. The van der Waals surface area contributed by atoms with E-state index in [1.54, 1.807) is 18.4 Å². The van der Waals surface area contributed by atoms with Crippen LogP contribution in [0.3, 0.4) is 0 Å². The number of hydrogen-bond donors (Lipinski definition) is 1. The third kappa shape index (κ3) is 4.77. The molecular formula is C21H22N2O2S. The summed E-state index contributed by atoms with van der Waals surface area (Å²) in [6.07, 6.45) is 0.286. The molecule has 1 aromatic heterocycles. The summed E-state index contributed by atoms with van der Waals surface area (Å²) in [7, 11) is 1.67. The number of nitrogens with one attached hydrogen (secondary N) is 1. The summed E-state index contributed by atoms with van der Waals surface area (Å²) in [6, 6.07) is 16.2. The van der Waals surface area contributed by atoms with E-state index >= 15 is 0 Å². The maximum atomic E-state index is 12.3. The SMILES string of the molecule is COCc1ccccc1CNC(=O)Cc1csc(-c2cccc(C)c2)n1. The first-order chi connectivity index (χ1) is 12.7. The fourth-order valence-electron chi connectivity index (χ4n) is 2.75. The molecule has 4 nitrogen and oxygen atoms in total. The molecule has 0 saturated carbocycles. The summed E-state index contributed by atoms with van der Waals surface area (Å²) < 4.78 is 5.20. The van der Waals surface area contributed by atoms with Crippen LogP contribution in [0, 0.1) is 6.92 Å². The Labute approximate surface area is 157 Å². The highest BCUT2D eigenvalue weighted by Crippen LogP contribution is 2.24. The number of carbonyl (C=O) groups excluding carboxylic acids is 1. The molecule has 0 aliphatic heterocycles. The molecule has 0 spiro atoms. The Hall–Kier alpha value is -2.50. The molecule has 0 saturated heterocycles. The Morgan fingerprint density at radius 2 is 1.96 bits per heavy atom. The predicted molar refractivity (Wildman–Crippen MR) is 105 cm³/mol. The van der Waals surface area contributed by atoms with Crippen LogP contribution in [0.25, 0.3) is 10.6 Å². The van der Waals surface area contributed by atoms with Crippen molar-refractivity contribution in [3.05, 3.63) is 76.3 Å². The first-order valence-electron chi connectivity index (χ1n) is 8.49. The van der Waals surface area contributed by atoms with Crippen molar-refractivity contribution in [1.29, 1.82) is 0 Å². The minimum atomic E-state index is -0.0293. The predicted octanol–water partition coefficient (Wildman–Crippen LogP) is 4.12. The highest BCUT2D eigenvalue weighted by atomic mass is 32.1. The highest BCUT2D eigenvalue weighted by Gasteiger charge is 2.10. The molecule has 2 aromatic carbocycles. The molecule has 3 rings (SSSR count). The largest absolute Gasteiger partial charge is 0.380 e. The molecule has 26 heavy (non-hydrogen) atoms. The lowest BCUT2D eigenvalue weighted by molar-refractivity contribution is -0.120. The molecule has 0 bridgehead atoms. The van der Waals surface area contributed by atoms with Crippen molar-refractivity contribution in [2.24, 2.45) is 0 Å². The number of rotatable bonds is 7. The summed E-state index contributed by atoms with van der Waals surface area (Å²) in [5, 5.41) is 5.88. The van der Waals surface area contributed by atoms with E-state index in [9.17, 15) is 4.79 Å². The Morgan fingerprint density at radius 3 is 2.73 bits per heavy atom. The number of ether oxygens (including phenoxy) is 1. The number of amides is 1. The molecule has 0 aliphatic carbocycles. The molecule has 3 aromatic rings. The molecule has 0 fully saturated rings. The van der Waals surface area contributed by atoms with Crippen molar-refractivity contribution in [2.45, 2.75) is 26.5 Å². The lowest BCUT2D eigenvalue weighted by Crippen LogP contribution is -2.25. The molecule has 1 amide bonds. The molecular weight excluding hydrogens is 344 g/mol. The van der Waals surface area contributed by atoms with Crippen LogP contribution in [0.5, 0.6) is 0 Å². The third-order valence-electron chi connectivity index (χ3n) is 4.05. The van der Waals surface area contributed by atoms with E-state index in [4.69, 9.17) is 4.74 Å². The van der Waals surface area contributed by atoms with Gasteiger partial charge in [-0.3, -0.25) is 4.79 Å². The second kappa shape index (κ2) is 8.74. The molecule has 134 valence electrons. The van der Waals surface area contributed by atoms with Gasteiger partial charge in [0, 0.05) is 24.6 Å². The van der Waals surface area contributed by atoms with Crippen LogP contribution in [0.2, 0.25) is 0 Å². The van der Waals surface area contributed by atoms with Crippen LogP contribution in [0.1, 0.15) is 22.4 Å². The molecule has 0 radical (unpaired) electrons. The van der Waals surface area contributed by atoms with Crippen molar-refractivity contribution in [3.8, 4) is 10.6 Å². The van der Waals surface area contributed by atoms with Crippen molar-refractivity contribution in [2.75, 3.05) is 7.11 Å². The van der Waals surface area contributed by atoms with Gasteiger partial charge in [-0.2, -0.15) is 0 Å². The van der Waals surface area contributed by atoms with Gasteiger partial charge >= 0.3 is 0 Å². The molecule has 5 heteroatoms. The lowest BCUT2D eigenvalue weighted by atomic mass is 10.1. The zero-order chi connectivity index (χ0) is 18.4. The summed E-state index contributed by atoms with van der Waals surface area (Å²) in [5.74, 6) is -0.0293. The summed E-state index contributed by atoms with van der Waals surface area (Å²) in [5.41, 5.74) is 5.25. The lowest BCUT2D eigenvalue weighted by Gasteiger charge is -2.09. The number of carbonyl (C=O) groups is 1. The normalized spacial score (nSPS) is 10.7. The van der Waals surface area contributed by atoms with E-state index in [-0.39, 0.29) is 12.3 Å². The standard InChI is InChI=1S/C21H22N2O2S/c1-15-6-5-9-16(10-15)21-23-19(14-26-21)11-20(24)22-12-17-7-3-4-8-18(17)13-25-2/h3-10,14H,11-13H2,1-2H3,(H,22,24). The Bertz CT molecular complexity index is 889. The van der Waals surface area contributed by atoms with Gasteiger partial charge in [0.15, 0.2) is 0 Å². The van der Waals surface area contributed by atoms with Crippen LogP contribution in [0.15, 0.2) is 53.9 Å². The van der Waals surface area contributed by atoms with Gasteiger partial charge in [0.05, 0.1) is 18.7 Å². The number of hydrogen-bond acceptors (Lipinski definition) is 4. The van der Waals surface area contributed by atoms with Crippen LogP contribution >= 0.6 is 11.3 Å². The maximum Gasteiger partial charge on any atom is 0.226 e. The molecule has 0 atom stereocenters. The fourth-order valence-corrected chi connectivity index (χ4v) is 3.56. The molecule has 1 N–H and O–H groups in total. The highest BCUT2D eigenvalue weighted by molar-refractivity contribution is 7.13. The zero-order valence-corrected chi connectivity index (χ0v) is 15.8. The van der Waals surface area contributed by atoms with Gasteiger partial charge < -0.3 is 10.1 Å². The van der Waals surface area contributed by atoms with E-state index < -0.39 is 0 Å². The smallest absolute Gasteiger partial charge is 0.226 e. The Kier molecular flexibility index (Phi) is 6.15. The number of aromatic nitrogens is 1. The summed E-state index contributed by atoms with van der Waals surface area (Å²) in [6.45, 7) is 3.10. The van der Waals surface area contributed by atoms with Crippen LogP contribution in [0.4, 0.5) is 0 Å². The van der Waals surface area contributed by atoms with Gasteiger partial charge in [-0.15, -0.1) is 11.3 Å². The quantitative estimate of drug-likeness (QED) is 0.684. The summed E-state index contributed by atoms with van der Waals surface area (Å²) >= 11 is 1.57. The minimum absolute atomic E-state index is 0.0293. The average molecular weight is 366 g/mol. The van der Waals surface area contributed by atoms with Gasteiger partial charge in [-0.1, -0.05) is 48.0 Å². The van der Waals surface area contributed by atoms with E-state index in [1.807, 2.05) is 41.8 Å². The van der Waals surface area contributed by atoms with Crippen molar-refractivity contribution >= 4 is 17.2 Å². The van der Waals surface area contributed by atoms with Crippen LogP contribution in [-0.4, -0.2) is 18.0 Å². The third-order valence-corrected chi connectivity index (χ3v) is 4.99. The van der Waals surface area contributed by atoms with Crippen LogP contribution in [-0.2, 0) is 29.1 Å². The van der Waals surface area contributed by atoms with E-state index in [0.29, 0.717) is 13.2 Å². The average Bonchev–Trinajstić information content (AvgIpc) is 3.10. The number of nitrogens with zero attached hydrogens (tertiary/aromatic N) is 1. The fraction of sp³-hybridized carbons (Fsp3) is 0.238. The number of benzene rings is 2. The Morgan fingerprint density at radius 1 is 1.15 bits per heavy atom.